The summed E-state index contributed by atoms with van der Waals surface area (Å²) < 4.78 is 18.5. The zero-order valence-electron chi connectivity index (χ0n) is 21.8. The fourth-order valence-corrected chi connectivity index (χ4v) is 5.06. The Morgan fingerprint density at radius 3 is 1.94 bits per heavy atom. The first kappa shape index (κ1) is 29.9. The largest absolute Gasteiger partial charge is 0.469 e. The van der Waals surface area contributed by atoms with Crippen molar-refractivity contribution in [2.24, 2.45) is 0 Å². The summed E-state index contributed by atoms with van der Waals surface area (Å²) in [5.41, 5.74) is 0. The van der Waals surface area contributed by atoms with Gasteiger partial charge in [-0.05, 0) is 55.2 Å². The molecule has 0 aliphatic carbocycles. The molecule has 2 atom stereocenters. The minimum absolute atomic E-state index is 0.0707. The van der Waals surface area contributed by atoms with Gasteiger partial charge in [-0.2, -0.15) is 0 Å². The van der Waals surface area contributed by atoms with Crippen LogP contribution in [0.4, 0.5) is 0 Å². The topological polar surface area (TPSA) is 44.8 Å². The van der Waals surface area contributed by atoms with Gasteiger partial charge in [0.2, 0.25) is 0 Å². The molecule has 0 saturated carbocycles. The molecule has 0 fully saturated rings. The predicted molar refractivity (Wildman–Crippen MR) is 137 cm³/mol. The van der Waals surface area contributed by atoms with E-state index >= 15 is 0 Å². The van der Waals surface area contributed by atoms with Crippen molar-refractivity contribution in [1.82, 2.24) is 0 Å². The monoisotopic (exact) mass is 466 g/mol. The first-order valence-corrected chi connectivity index (χ1v) is 17.0. The molecule has 0 rings (SSSR count). The summed E-state index contributed by atoms with van der Waals surface area (Å²) in [6.45, 7) is 22.4. The molecule has 6 heteroatoms. The van der Waals surface area contributed by atoms with Crippen LogP contribution in [0.3, 0.4) is 0 Å². The maximum absolute atomic E-state index is 11.7. The highest BCUT2D eigenvalue weighted by molar-refractivity contribution is 6.74. The van der Waals surface area contributed by atoms with E-state index < -0.39 is 16.6 Å². The van der Waals surface area contributed by atoms with Gasteiger partial charge in [-0.25, -0.2) is 0 Å². The number of rotatable bonds is 11. The lowest BCUT2D eigenvalue weighted by Gasteiger charge is -2.44. The van der Waals surface area contributed by atoms with E-state index in [-0.39, 0.29) is 28.3 Å². The molecule has 4 nitrogen and oxygen atoms in total. The number of hydrogen-bond acceptors (Lipinski definition) is 4. The second kappa shape index (κ2) is 12.2. The van der Waals surface area contributed by atoms with Gasteiger partial charge in [-0.1, -0.05) is 65.7 Å². The minimum Gasteiger partial charge on any atom is -0.469 e. The summed E-state index contributed by atoms with van der Waals surface area (Å²) in [4.78, 5) is 11.7. The van der Waals surface area contributed by atoms with Crippen LogP contribution in [0, 0.1) is 12.3 Å². The molecule has 0 bridgehead atoms. The van der Waals surface area contributed by atoms with Crippen LogP contribution in [0.15, 0.2) is 24.3 Å². The number of hydrogen-bond donors (Lipinski definition) is 0. The maximum atomic E-state index is 11.7. The molecule has 0 amide bonds. The number of carbonyl (C=O) groups excluding carboxylic acids is 1. The van der Waals surface area contributed by atoms with Crippen LogP contribution >= 0.6 is 0 Å². The summed E-state index contributed by atoms with van der Waals surface area (Å²) in [6, 6.07) is 0. The van der Waals surface area contributed by atoms with Crippen LogP contribution in [0.2, 0.25) is 36.3 Å². The summed E-state index contributed by atoms with van der Waals surface area (Å²) >= 11 is 0. The third kappa shape index (κ3) is 10.3. The quantitative estimate of drug-likeness (QED) is 0.144. The molecule has 0 aromatic carbocycles. The third-order valence-electron chi connectivity index (χ3n) is 6.56. The van der Waals surface area contributed by atoms with Crippen LogP contribution in [0.5, 0.6) is 0 Å². The van der Waals surface area contributed by atoms with Gasteiger partial charge in [0, 0.05) is 6.42 Å². The Morgan fingerprint density at radius 2 is 1.48 bits per heavy atom. The van der Waals surface area contributed by atoms with Crippen LogP contribution in [0.25, 0.3) is 0 Å². The first-order valence-electron chi connectivity index (χ1n) is 11.2. The Balaban J connectivity index is 6.01. The van der Waals surface area contributed by atoms with Crippen LogP contribution in [-0.2, 0) is 18.4 Å². The zero-order valence-corrected chi connectivity index (χ0v) is 23.8. The van der Waals surface area contributed by atoms with Gasteiger partial charge in [-0.15, -0.1) is 6.42 Å². The number of carbonyl (C=O) groups is 1. The Kier molecular flexibility index (Phi) is 11.7. The molecule has 0 saturated heterocycles. The lowest BCUT2D eigenvalue weighted by atomic mass is 10.1. The van der Waals surface area contributed by atoms with E-state index in [4.69, 9.17) is 20.0 Å². The number of methoxy groups -OCH3 is 1. The van der Waals surface area contributed by atoms with Crippen molar-refractivity contribution in [3.63, 3.8) is 0 Å². The van der Waals surface area contributed by atoms with Gasteiger partial charge in [0.05, 0.1) is 19.3 Å². The fourth-order valence-electron chi connectivity index (χ4n) is 2.44. The predicted octanol–water partition coefficient (Wildman–Crippen LogP) is 6.86. The molecule has 0 aliphatic rings. The molecule has 0 heterocycles. The van der Waals surface area contributed by atoms with Crippen LogP contribution < -0.4 is 0 Å². The third-order valence-corrected chi connectivity index (χ3v) is 15.5. The zero-order chi connectivity index (χ0) is 24.5. The molecule has 0 aromatic heterocycles. The smallest absolute Gasteiger partial charge is 0.305 e. The van der Waals surface area contributed by atoms with E-state index in [1.807, 2.05) is 12.2 Å². The number of ether oxygens (including phenoxy) is 1. The van der Waals surface area contributed by atoms with Crippen LogP contribution in [0.1, 0.15) is 60.8 Å². The van der Waals surface area contributed by atoms with Crippen molar-refractivity contribution in [3.05, 3.63) is 24.3 Å². The van der Waals surface area contributed by atoms with Gasteiger partial charge in [0.1, 0.15) is 0 Å². The SMILES string of the molecule is C#CC=CC=CC(O[Si](C)(C)C(C)(C)C)C(CCCC(=O)OC)O[Si](C)(C)C(C)(C)C. The van der Waals surface area contributed by atoms with Crippen molar-refractivity contribution in [3.8, 4) is 12.3 Å². The molecule has 0 spiro atoms. The van der Waals surface area contributed by atoms with Crippen molar-refractivity contribution in [2.75, 3.05) is 7.11 Å². The highest BCUT2D eigenvalue weighted by Gasteiger charge is 2.44. The van der Waals surface area contributed by atoms with Crippen molar-refractivity contribution in [2.45, 2.75) is 109 Å². The van der Waals surface area contributed by atoms with Gasteiger partial charge < -0.3 is 13.6 Å². The molecule has 0 aromatic rings. The van der Waals surface area contributed by atoms with E-state index in [1.54, 1.807) is 6.08 Å². The van der Waals surface area contributed by atoms with Gasteiger partial charge in [0.15, 0.2) is 16.6 Å². The number of esters is 1. The summed E-state index contributed by atoms with van der Waals surface area (Å²) in [6.07, 6.45) is 14.3. The lowest BCUT2D eigenvalue weighted by Crippen LogP contribution is -2.51. The Labute approximate surface area is 194 Å². The van der Waals surface area contributed by atoms with Crippen molar-refractivity contribution >= 4 is 22.6 Å². The standard InChI is InChI=1S/C25H46O4Si2/c1-13-14-15-16-18-21(28-30(9,10)24(2,3)4)22(19-17-20-23(26)27-8)29-31(11,12)25(5,6)7/h1,14-16,18,21-22H,17,19-20H2,2-12H3. The molecule has 178 valence electrons. The van der Waals surface area contributed by atoms with Gasteiger partial charge in [-0.3, -0.25) is 4.79 Å². The summed E-state index contributed by atoms with van der Waals surface area (Å²) in [7, 11) is -2.69. The second-order valence-electron chi connectivity index (χ2n) is 11.1. The van der Waals surface area contributed by atoms with Gasteiger partial charge >= 0.3 is 5.97 Å². The van der Waals surface area contributed by atoms with Gasteiger partial charge in [0.25, 0.3) is 0 Å². The molecule has 2 unspecified atom stereocenters. The average Bonchev–Trinajstić information content (AvgIpc) is 2.61. The first-order chi connectivity index (χ1) is 14.0. The molecule has 0 radical (unpaired) electrons. The number of terminal acetylenes is 1. The van der Waals surface area contributed by atoms with E-state index in [1.165, 1.54) is 7.11 Å². The Bertz CT molecular complexity index is 658. The summed E-state index contributed by atoms with van der Waals surface area (Å²) in [5.74, 6) is 2.32. The van der Waals surface area contributed by atoms with E-state index in [0.29, 0.717) is 12.8 Å². The van der Waals surface area contributed by atoms with E-state index in [9.17, 15) is 4.79 Å². The Hall–Kier alpha value is -1.14. The van der Waals surface area contributed by atoms with Crippen LogP contribution in [-0.4, -0.2) is 41.9 Å². The molecule has 0 N–H and O–H groups in total. The molecular formula is C25H46O4Si2. The average molecular weight is 467 g/mol. The molecular weight excluding hydrogens is 420 g/mol. The van der Waals surface area contributed by atoms with E-state index in [0.717, 1.165) is 6.42 Å². The number of allylic oxidation sites excluding steroid dienone is 3. The maximum Gasteiger partial charge on any atom is 0.305 e. The minimum atomic E-state index is -2.06. The normalized spacial score (nSPS) is 15.8. The highest BCUT2D eigenvalue weighted by atomic mass is 28.4. The Morgan fingerprint density at radius 1 is 0.968 bits per heavy atom. The van der Waals surface area contributed by atoms with Crippen molar-refractivity contribution in [1.29, 1.82) is 0 Å². The highest BCUT2D eigenvalue weighted by Crippen LogP contribution is 2.41. The lowest BCUT2D eigenvalue weighted by molar-refractivity contribution is -0.140. The molecule has 0 aliphatic heterocycles. The second-order valence-corrected chi connectivity index (χ2v) is 20.7. The molecule has 31 heavy (non-hydrogen) atoms. The summed E-state index contributed by atoms with van der Waals surface area (Å²) in [5, 5.41) is 0.142. The fraction of sp³-hybridized carbons (Fsp3) is 0.720. The van der Waals surface area contributed by atoms with E-state index in [2.05, 4.69) is 79.7 Å². The van der Waals surface area contributed by atoms with Crippen molar-refractivity contribution < 1.29 is 18.4 Å².